The Balaban J connectivity index is 2.10. The normalized spacial score (nSPS) is 26.3. The number of carboxylic acid groups (broad SMARTS) is 1. The van der Waals surface area contributed by atoms with Crippen LogP contribution in [0, 0.1) is 11.7 Å². The second-order valence-electron chi connectivity index (χ2n) is 6.67. The first-order chi connectivity index (χ1) is 12.3. The number of carboxylic acids is 1. The van der Waals surface area contributed by atoms with Crippen LogP contribution in [0.3, 0.4) is 0 Å². The zero-order chi connectivity index (χ0) is 19.1. The summed E-state index contributed by atoms with van der Waals surface area (Å²) in [5.74, 6) is -2.08. The van der Waals surface area contributed by atoms with Crippen LogP contribution in [0.1, 0.15) is 32.1 Å². The SMILES string of the molecule is COc1cc(F)c(S(=O)(=O)N2C(C(=O)O)CC3CCCCC32)cc1OC. The highest BCUT2D eigenvalue weighted by molar-refractivity contribution is 7.89. The minimum Gasteiger partial charge on any atom is -0.493 e. The zero-order valence-corrected chi connectivity index (χ0v) is 15.5. The molecule has 1 saturated carbocycles. The highest BCUT2D eigenvalue weighted by Crippen LogP contribution is 2.44. The van der Waals surface area contributed by atoms with Crippen molar-refractivity contribution in [2.75, 3.05) is 14.2 Å². The van der Waals surface area contributed by atoms with Crippen LogP contribution in [-0.4, -0.2) is 50.1 Å². The summed E-state index contributed by atoms with van der Waals surface area (Å²) < 4.78 is 52.1. The average Bonchev–Trinajstić information content (AvgIpc) is 3.01. The van der Waals surface area contributed by atoms with Gasteiger partial charge in [-0.05, 0) is 25.2 Å². The predicted molar refractivity (Wildman–Crippen MR) is 90.3 cm³/mol. The van der Waals surface area contributed by atoms with Crippen molar-refractivity contribution in [3.05, 3.63) is 17.9 Å². The van der Waals surface area contributed by atoms with E-state index in [1.54, 1.807) is 0 Å². The monoisotopic (exact) mass is 387 g/mol. The van der Waals surface area contributed by atoms with E-state index in [-0.39, 0.29) is 23.8 Å². The molecule has 3 unspecified atom stereocenters. The number of ether oxygens (including phenoxy) is 2. The lowest BCUT2D eigenvalue weighted by Gasteiger charge is -2.32. The number of sulfonamides is 1. The van der Waals surface area contributed by atoms with Crippen LogP contribution >= 0.6 is 0 Å². The molecule has 0 bridgehead atoms. The maximum Gasteiger partial charge on any atom is 0.322 e. The molecule has 2 aliphatic rings. The molecule has 26 heavy (non-hydrogen) atoms. The van der Waals surface area contributed by atoms with Crippen molar-refractivity contribution in [1.82, 2.24) is 4.31 Å². The lowest BCUT2D eigenvalue weighted by Crippen LogP contribution is -2.46. The fourth-order valence-electron chi connectivity index (χ4n) is 4.12. The molecule has 0 radical (unpaired) electrons. The third-order valence-electron chi connectivity index (χ3n) is 5.31. The van der Waals surface area contributed by atoms with Gasteiger partial charge in [-0.2, -0.15) is 4.31 Å². The number of aliphatic carboxylic acids is 1. The van der Waals surface area contributed by atoms with E-state index < -0.39 is 38.8 Å². The van der Waals surface area contributed by atoms with Gasteiger partial charge in [0, 0.05) is 18.2 Å². The fraction of sp³-hybridized carbons (Fsp3) is 0.588. The topological polar surface area (TPSA) is 93.1 Å². The maximum atomic E-state index is 14.6. The first-order valence-electron chi connectivity index (χ1n) is 8.49. The Morgan fingerprint density at radius 3 is 2.42 bits per heavy atom. The molecule has 144 valence electrons. The molecule has 9 heteroatoms. The minimum absolute atomic E-state index is 0.0113. The van der Waals surface area contributed by atoms with Crippen molar-refractivity contribution >= 4 is 16.0 Å². The van der Waals surface area contributed by atoms with Gasteiger partial charge in [0.15, 0.2) is 11.5 Å². The van der Waals surface area contributed by atoms with Gasteiger partial charge in [-0.25, -0.2) is 12.8 Å². The summed E-state index contributed by atoms with van der Waals surface area (Å²) in [6, 6.07) is 0.400. The van der Waals surface area contributed by atoms with E-state index in [2.05, 4.69) is 0 Å². The largest absolute Gasteiger partial charge is 0.493 e. The summed E-state index contributed by atoms with van der Waals surface area (Å²) >= 11 is 0. The molecular weight excluding hydrogens is 365 g/mol. The Kier molecular flexibility index (Phi) is 5.12. The molecule has 2 fully saturated rings. The average molecular weight is 387 g/mol. The quantitative estimate of drug-likeness (QED) is 0.833. The third kappa shape index (κ3) is 3.03. The first-order valence-corrected chi connectivity index (χ1v) is 9.93. The summed E-state index contributed by atoms with van der Waals surface area (Å²) in [6.45, 7) is 0. The van der Waals surface area contributed by atoms with E-state index in [1.165, 1.54) is 14.2 Å². The summed E-state index contributed by atoms with van der Waals surface area (Å²) in [6.07, 6.45) is 3.41. The van der Waals surface area contributed by atoms with Crippen molar-refractivity contribution in [3.63, 3.8) is 0 Å². The molecule has 0 aromatic heterocycles. The van der Waals surface area contributed by atoms with Gasteiger partial charge in [-0.15, -0.1) is 0 Å². The molecule has 1 aromatic rings. The van der Waals surface area contributed by atoms with Crippen LogP contribution in [0.4, 0.5) is 4.39 Å². The van der Waals surface area contributed by atoms with Crippen LogP contribution in [0.2, 0.25) is 0 Å². The number of carbonyl (C=O) groups is 1. The molecule has 1 N–H and O–H groups in total. The smallest absolute Gasteiger partial charge is 0.322 e. The van der Waals surface area contributed by atoms with Crippen molar-refractivity contribution in [2.45, 2.75) is 49.1 Å². The summed E-state index contributed by atoms with van der Waals surface area (Å²) in [5.41, 5.74) is 0. The minimum atomic E-state index is -4.35. The van der Waals surface area contributed by atoms with Crippen LogP contribution in [0.5, 0.6) is 11.5 Å². The van der Waals surface area contributed by atoms with Crippen molar-refractivity contribution < 1.29 is 32.2 Å². The molecule has 1 aromatic carbocycles. The van der Waals surface area contributed by atoms with Gasteiger partial charge >= 0.3 is 5.97 Å². The van der Waals surface area contributed by atoms with Gasteiger partial charge in [0.2, 0.25) is 10.0 Å². The standard InChI is InChI=1S/C17H22FNO6S/c1-24-14-8-11(18)16(9-15(14)25-2)26(22,23)19-12-6-4-3-5-10(12)7-13(19)17(20)21/h8-10,12-13H,3-7H2,1-2H3,(H,20,21). The third-order valence-corrected chi connectivity index (χ3v) is 7.26. The highest BCUT2D eigenvalue weighted by Gasteiger charge is 2.51. The van der Waals surface area contributed by atoms with Gasteiger partial charge in [-0.3, -0.25) is 4.79 Å². The van der Waals surface area contributed by atoms with Gasteiger partial charge in [0.25, 0.3) is 0 Å². The molecule has 0 spiro atoms. The molecular formula is C17H22FNO6S. The van der Waals surface area contributed by atoms with Gasteiger partial charge < -0.3 is 14.6 Å². The Labute approximate surface area is 151 Å². The van der Waals surface area contributed by atoms with E-state index >= 15 is 0 Å². The number of hydrogen-bond acceptors (Lipinski definition) is 5. The number of benzene rings is 1. The highest BCUT2D eigenvalue weighted by atomic mass is 32.2. The molecule has 3 rings (SSSR count). The summed E-state index contributed by atoms with van der Waals surface area (Å²) in [7, 11) is -1.71. The molecule has 1 saturated heterocycles. The van der Waals surface area contributed by atoms with E-state index in [0.717, 1.165) is 35.7 Å². The lowest BCUT2D eigenvalue weighted by atomic mass is 9.85. The van der Waals surface area contributed by atoms with E-state index in [4.69, 9.17) is 9.47 Å². The molecule has 7 nitrogen and oxygen atoms in total. The Bertz CT molecular complexity index is 812. The predicted octanol–water partition coefficient (Wildman–Crippen LogP) is 2.25. The van der Waals surface area contributed by atoms with Crippen LogP contribution in [0.15, 0.2) is 17.0 Å². The van der Waals surface area contributed by atoms with Crippen LogP contribution in [-0.2, 0) is 14.8 Å². The fourth-order valence-corrected chi connectivity index (χ4v) is 6.06. The second-order valence-corrected chi connectivity index (χ2v) is 8.49. The van der Waals surface area contributed by atoms with Gasteiger partial charge in [0.1, 0.15) is 16.8 Å². The molecule has 3 atom stereocenters. The van der Waals surface area contributed by atoms with Crippen molar-refractivity contribution in [3.8, 4) is 11.5 Å². The second kappa shape index (κ2) is 7.03. The van der Waals surface area contributed by atoms with Crippen LogP contribution in [0.25, 0.3) is 0 Å². The molecule has 0 amide bonds. The van der Waals surface area contributed by atoms with Crippen LogP contribution < -0.4 is 9.47 Å². The lowest BCUT2D eigenvalue weighted by molar-refractivity contribution is -0.141. The number of hydrogen-bond donors (Lipinski definition) is 1. The van der Waals surface area contributed by atoms with E-state index in [1.807, 2.05) is 0 Å². The number of halogens is 1. The first kappa shape index (κ1) is 18.9. The molecule has 1 heterocycles. The van der Waals surface area contributed by atoms with Crippen molar-refractivity contribution in [1.29, 1.82) is 0 Å². The van der Waals surface area contributed by atoms with E-state index in [9.17, 15) is 22.7 Å². The Morgan fingerprint density at radius 1 is 1.19 bits per heavy atom. The van der Waals surface area contributed by atoms with Gasteiger partial charge in [0.05, 0.1) is 14.2 Å². The molecule has 1 aliphatic carbocycles. The summed E-state index contributed by atoms with van der Waals surface area (Å²) in [4.78, 5) is 11.1. The van der Waals surface area contributed by atoms with Gasteiger partial charge in [-0.1, -0.05) is 12.8 Å². The van der Waals surface area contributed by atoms with Crippen molar-refractivity contribution in [2.24, 2.45) is 5.92 Å². The molecule has 1 aliphatic heterocycles. The zero-order valence-electron chi connectivity index (χ0n) is 14.6. The Morgan fingerprint density at radius 2 is 1.81 bits per heavy atom. The Hall–Kier alpha value is -1.87. The maximum absolute atomic E-state index is 14.6. The number of nitrogens with zero attached hydrogens (tertiary/aromatic N) is 1. The van der Waals surface area contributed by atoms with E-state index in [0.29, 0.717) is 6.42 Å². The summed E-state index contributed by atoms with van der Waals surface area (Å²) in [5, 5.41) is 9.55. The number of rotatable bonds is 5. The number of methoxy groups -OCH3 is 2. The number of fused-ring (bicyclic) bond motifs is 1.